The fourth-order valence-corrected chi connectivity index (χ4v) is 4.43. The summed E-state index contributed by atoms with van der Waals surface area (Å²) >= 11 is 0. The van der Waals surface area contributed by atoms with Gasteiger partial charge in [0.25, 0.3) is 10.2 Å². The lowest BCUT2D eigenvalue weighted by Gasteiger charge is -2.33. The van der Waals surface area contributed by atoms with Crippen molar-refractivity contribution in [2.75, 3.05) is 33.1 Å². The highest BCUT2D eigenvalue weighted by Gasteiger charge is 2.30. The highest BCUT2D eigenvalue weighted by Crippen LogP contribution is 2.25. The van der Waals surface area contributed by atoms with E-state index in [9.17, 15) is 8.42 Å². The maximum absolute atomic E-state index is 12.8. The molecule has 6 heteroatoms. The summed E-state index contributed by atoms with van der Waals surface area (Å²) in [5.74, 6) is 0. The van der Waals surface area contributed by atoms with Crippen molar-refractivity contribution >= 4 is 15.9 Å². The van der Waals surface area contributed by atoms with Crippen molar-refractivity contribution in [3.05, 3.63) is 29.8 Å². The number of anilines is 1. The van der Waals surface area contributed by atoms with E-state index < -0.39 is 10.2 Å². The first kappa shape index (κ1) is 18.2. The van der Waals surface area contributed by atoms with Gasteiger partial charge in [-0.15, -0.1) is 0 Å². The van der Waals surface area contributed by atoms with Gasteiger partial charge in [-0.25, -0.2) is 0 Å². The molecule has 0 aromatic heterocycles. The fourth-order valence-electron chi connectivity index (χ4n) is 3.09. The lowest BCUT2D eigenvalue weighted by atomic mass is 9.96. The second-order valence-corrected chi connectivity index (χ2v) is 8.73. The Morgan fingerprint density at radius 1 is 0.957 bits per heavy atom. The maximum Gasteiger partial charge on any atom is 0.282 e. The van der Waals surface area contributed by atoms with Crippen LogP contribution in [0, 0.1) is 0 Å². The second-order valence-electron chi connectivity index (χ2n) is 6.63. The Morgan fingerprint density at radius 3 is 2.04 bits per heavy atom. The Morgan fingerprint density at radius 2 is 1.52 bits per heavy atom. The number of hydrogen-bond acceptors (Lipinski definition) is 3. The summed E-state index contributed by atoms with van der Waals surface area (Å²) in [7, 11) is 3.96. The van der Waals surface area contributed by atoms with E-state index in [4.69, 9.17) is 0 Å². The predicted molar refractivity (Wildman–Crippen MR) is 95.8 cm³/mol. The van der Waals surface area contributed by atoms with Gasteiger partial charge in [-0.3, -0.25) is 0 Å². The van der Waals surface area contributed by atoms with Crippen LogP contribution in [0.2, 0.25) is 0 Å². The SMILES string of the molecule is CN(C)c1ccc(CN(C)S(=O)(=O)N(C)C2CCCCC2)cc1. The fraction of sp³-hybridized carbons (Fsp3) is 0.647. The molecule has 1 aliphatic rings. The molecule has 2 rings (SSSR count). The van der Waals surface area contributed by atoms with Crippen LogP contribution in [-0.4, -0.2) is 51.3 Å². The highest BCUT2D eigenvalue weighted by molar-refractivity contribution is 7.86. The van der Waals surface area contributed by atoms with E-state index in [0.29, 0.717) is 6.54 Å². The van der Waals surface area contributed by atoms with Gasteiger partial charge in [0.05, 0.1) is 0 Å². The van der Waals surface area contributed by atoms with Crippen LogP contribution in [0.25, 0.3) is 0 Å². The van der Waals surface area contributed by atoms with Gasteiger partial charge in [0.2, 0.25) is 0 Å². The summed E-state index contributed by atoms with van der Waals surface area (Å²) in [6.45, 7) is 0.396. The normalized spacial score (nSPS) is 17.0. The first-order valence-corrected chi connectivity index (χ1v) is 9.67. The molecule has 0 atom stereocenters. The predicted octanol–water partition coefficient (Wildman–Crippen LogP) is 2.69. The third kappa shape index (κ3) is 4.46. The van der Waals surface area contributed by atoms with Gasteiger partial charge in [0.1, 0.15) is 0 Å². The molecule has 1 saturated carbocycles. The van der Waals surface area contributed by atoms with Crippen molar-refractivity contribution in [1.82, 2.24) is 8.61 Å². The molecule has 0 spiro atoms. The van der Waals surface area contributed by atoms with Crippen LogP contribution >= 0.6 is 0 Å². The van der Waals surface area contributed by atoms with Crippen LogP contribution in [0.1, 0.15) is 37.7 Å². The summed E-state index contributed by atoms with van der Waals surface area (Å²) in [4.78, 5) is 2.03. The number of hydrogen-bond donors (Lipinski definition) is 0. The van der Waals surface area contributed by atoms with E-state index in [1.807, 2.05) is 43.3 Å². The van der Waals surface area contributed by atoms with Gasteiger partial charge in [0.15, 0.2) is 0 Å². The van der Waals surface area contributed by atoms with Crippen molar-refractivity contribution in [2.24, 2.45) is 0 Å². The molecule has 1 aliphatic carbocycles. The molecule has 5 nitrogen and oxygen atoms in total. The third-order valence-electron chi connectivity index (χ3n) is 4.70. The third-order valence-corrected chi connectivity index (χ3v) is 6.65. The largest absolute Gasteiger partial charge is 0.378 e. The molecule has 0 N–H and O–H groups in total. The van der Waals surface area contributed by atoms with E-state index in [2.05, 4.69) is 0 Å². The summed E-state index contributed by atoms with van der Waals surface area (Å²) in [5, 5.41) is 0. The molecular weight excluding hydrogens is 310 g/mol. The van der Waals surface area contributed by atoms with Crippen molar-refractivity contribution in [3.63, 3.8) is 0 Å². The minimum atomic E-state index is -3.41. The molecule has 0 bridgehead atoms. The topological polar surface area (TPSA) is 43.9 Å². The molecule has 0 heterocycles. The van der Waals surface area contributed by atoms with E-state index in [0.717, 1.165) is 36.9 Å². The number of benzene rings is 1. The molecule has 0 unspecified atom stereocenters. The number of nitrogens with zero attached hydrogens (tertiary/aromatic N) is 3. The molecule has 1 aromatic carbocycles. The zero-order valence-electron chi connectivity index (χ0n) is 14.7. The molecular formula is C17H29N3O2S. The average molecular weight is 340 g/mol. The van der Waals surface area contributed by atoms with Crippen LogP contribution in [0.4, 0.5) is 5.69 Å². The molecule has 1 aromatic rings. The zero-order chi connectivity index (χ0) is 17.0. The molecule has 0 saturated heterocycles. The van der Waals surface area contributed by atoms with Crippen molar-refractivity contribution in [1.29, 1.82) is 0 Å². The molecule has 130 valence electrons. The summed E-state index contributed by atoms with van der Waals surface area (Å²) in [6.07, 6.45) is 5.42. The van der Waals surface area contributed by atoms with Crippen LogP contribution in [0.5, 0.6) is 0 Å². The Hall–Kier alpha value is -1.11. The highest BCUT2D eigenvalue weighted by atomic mass is 32.2. The Kier molecular flexibility index (Phi) is 6.06. The molecule has 0 radical (unpaired) electrons. The van der Waals surface area contributed by atoms with E-state index >= 15 is 0 Å². The van der Waals surface area contributed by atoms with Crippen LogP contribution in [0.3, 0.4) is 0 Å². The van der Waals surface area contributed by atoms with E-state index in [-0.39, 0.29) is 6.04 Å². The lowest BCUT2D eigenvalue weighted by Crippen LogP contribution is -2.45. The first-order chi connectivity index (χ1) is 10.8. The van der Waals surface area contributed by atoms with Gasteiger partial charge in [0, 0.05) is 46.5 Å². The van der Waals surface area contributed by atoms with Gasteiger partial charge < -0.3 is 4.90 Å². The molecule has 0 aliphatic heterocycles. The molecule has 23 heavy (non-hydrogen) atoms. The Bertz CT molecular complexity index is 593. The monoisotopic (exact) mass is 339 g/mol. The van der Waals surface area contributed by atoms with Crippen LogP contribution in [0.15, 0.2) is 24.3 Å². The summed E-state index contributed by atoms with van der Waals surface area (Å²) in [5.41, 5.74) is 2.11. The zero-order valence-corrected chi connectivity index (χ0v) is 15.5. The minimum absolute atomic E-state index is 0.146. The van der Waals surface area contributed by atoms with Crippen LogP contribution in [-0.2, 0) is 16.8 Å². The standard InChI is InChI=1S/C17H29N3O2S/c1-18(2)16-12-10-15(11-13-16)14-19(3)23(21,22)20(4)17-8-6-5-7-9-17/h10-13,17H,5-9,14H2,1-4H3. The second kappa shape index (κ2) is 7.64. The van der Waals surface area contributed by atoms with Gasteiger partial charge in [-0.05, 0) is 30.5 Å². The van der Waals surface area contributed by atoms with Gasteiger partial charge in [-0.1, -0.05) is 31.4 Å². The smallest absolute Gasteiger partial charge is 0.282 e. The minimum Gasteiger partial charge on any atom is -0.378 e. The van der Waals surface area contributed by atoms with Crippen LogP contribution < -0.4 is 4.90 Å². The first-order valence-electron chi connectivity index (χ1n) is 8.28. The van der Waals surface area contributed by atoms with Gasteiger partial charge >= 0.3 is 0 Å². The van der Waals surface area contributed by atoms with E-state index in [1.165, 1.54) is 10.7 Å². The summed E-state index contributed by atoms with van der Waals surface area (Å²) in [6, 6.07) is 8.15. The van der Waals surface area contributed by atoms with E-state index in [1.54, 1.807) is 18.4 Å². The number of rotatable bonds is 6. The van der Waals surface area contributed by atoms with Crippen molar-refractivity contribution in [2.45, 2.75) is 44.7 Å². The Labute approximate surface area is 141 Å². The molecule has 1 fully saturated rings. The quantitative estimate of drug-likeness (QED) is 0.800. The van der Waals surface area contributed by atoms with Crippen molar-refractivity contribution in [3.8, 4) is 0 Å². The average Bonchev–Trinajstić information content (AvgIpc) is 2.55. The van der Waals surface area contributed by atoms with Gasteiger partial charge in [-0.2, -0.15) is 17.0 Å². The lowest BCUT2D eigenvalue weighted by molar-refractivity contribution is 0.268. The summed E-state index contributed by atoms with van der Waals surface area (Å²) < 4.78 is 28.5. The Balaban J connectivity index is 2.04. The van der Waals surface area contributed by atoms with Crippen molar-refractivity contribution < 1.29 is 8.42 Å². The molecule has 0 amide bonds. The maximum atomic E-state index is 12.8.